The Morgan fingerprint density at radius 2 is 1.93 bits per heavy atom. The molecule has 0 spiro atoms. The smallest absolute Gasteiger partial charge is 0.0377 e. The molecule has 1 aromatic heterocycles. The van der Waals surface area contributed by atoms with Crippen LogP contribution < -0.4 is 5.32 Å². The largest absolute Gasteiger partial charge is 0.319 e. The van der Waals surface area contributed by atoms with Gasteiger partial charge >= 0.3 is 0 Å². The van der Waals surface area contributed by atoms with E-state index in [0.717, 1.165) is 13.0 Å². The Morgan fingerprint density at radius 1 is 1.20 bits per heavy atom. The van der Waals surface area contributed by atoms with Crippen LogP contribution in [0.5, 0.6) is 0 Å². The van der Waals surface area contributed by atoms with E-state index in [1.54, 1.807) is 0 Å². The lowest BCUT2D eigenvalue weighted by atomic mass is 10.0. The Kier molecular flexibility index (Phi) is 3.08. The van der Waals surface area contributed by atoms with Crippen LogP contribution in [0.2, 0.25) is 0 Å². The summed E-state index contributed by atoms with van der Waals surface area (Å²) in [5.74, 6) is 0. The first kappa shape index (κ1) is 10.7. The standard InChI is InChI=1S/C13H17NS/c1-9-4-5-10(2)13-12(9)11(8-15-13)6-7-14-3/h4-5,8,14H,6-7H2,1-3H3. The molecule has 1 heterocycles. The molecule has 0 aliphatic carbocycles. The molecule has 15 heavy (non-hydrogen) atoms. The predicted octanol–water partition coefficient (Wildman–Crippen LogP) is 3.28. The monoisotopic (exact) mass is 219 g/mol. The highest BCUT2D eigenvalue weighted by molar-refractivity contribution is 7.17. The maximum absolute atomic E-state index is 3.21. The lowest BCUT2D eigenvalue weighted by Crippen LogP contribution is -2.09. The molecule has 0 amide bonds. The van der Waals surface area contributed by atoms with Crippen LogP contribution in [-0.2, 0) is 6.42 Å². The number of thiophene rings is 1. The Labute approximate surface area is 95.1 Å². The maximum Gasteiger partial charge on any atom is 0.0377 e. The molecule has 2 heteroatoms. The predicted molar refractivity (Wildman–Crippen MR) is 68.9 cm³/mol. The van der Waals surface area contributed by atoms with Crippen molar-refractivity contribution in [1.82, 2.24) is 5.32 Å². The van der Waals surface area contributed by atoms with Gasteiger partial charge in [0.05, 0.1) is 0 Å². The summed E-state index contributed by atoms with van der Waals surface area (Å²) in [6.45, 7) is 5.46. The highest BCUT2D eigenvalue weighted by Gasteiger charge is 2.07. The molecule has 0 aliphatic rings. The van der Waals surface area contributed by atoms with Crippen molar-refractivity contribution in [3.63, 3.8) is 0 Å². The second-order valence-corrected chi connectivity index (χ2v) is 4.90. The normalized spacial score (nSPS) is 11.1. The minimum atomic E-state index is 1.05. The molecule has 0 atom stereocenters. The van der Waals surface area contributed by atoms with Crippen molar-refractivity contribution in [1.29, 1.82) is 0 Å². The molecule has 0 fully saturated rings. The molecule has 0 unspecified atom stereocenters. The number of likely N-dealkylation sites (N-methyl/N-ethyl adjacent to an activating group) is 1. The van der Waals surface area contributed by atoms with Gasteiger partial charge in [-0.25, -0.2) is 0 Å². The molecule has 0 saturated heterocycles. The van der Waals surface area contributed by atoms with Gasteiger partial charge in [0.15, 0.2) is 0 Å². The molecule has 0 radical (unpaired) electrons. The molecule has 2 rings (SSSR count). The van der Waals surface area contributed by atoms with E-state index >= 15 is 0 Å². The van der Waals surface area contributed by atoms with Crippen molar-refractivity contribution in [3.05, 3.63) is 34.2 Å². The maximum atomic E-state index is 3.21. The number of aryl methyl sites for hydroxylation is 2. The number of benzene rings is 1. The van der Waals surface area contributed by atoms with Crippen LogP contribution in [0.4, 0.5) is 0 Å². The van der Waals surface area contributed by atoms with E-state index in [2.05, 4.69) is 36.7 Å². The summed E-state index contributed by atoms with van der Waals surface area (Å²) in [5.41, 5.74) is 4.30. The van der Waals surface area contributed by atoms with Gasteiger partial charge < -0.3 is 5.32 Å². The molecule has 0 saturated carbocycles. The second-order valence-electron chi connectivity index (χ2n) is 4.02. The summed E-state index contributed by atoms with van der Waals surface area (Å²) in [6.07, 6.45) is 1.13. The first-order valence-electron chi connectivity index (χ1n) is 5.35. The fourth-order valence-electron chi connectivity index (χ4n) is 1.97. The molecule has 2 aromatic rings. The zero-order valence-electron chi connectivity index (χ0n) is 9.55. The van der Waals surface area contributed by atoms with Crippen molar-refractivity contribution in [3.8, 4) is 0 Å². The third-order valence-corrected chi connectivity index (χ3v) is 4.01. The molecular weight excluding hydrogens is 202 g/mol. The molecular formula is C13H17NS. The quantitative estimate of drug-likeness (QED) is 0.835. The van der Waals surface area contributed by atoms with Crippen molar-refractivity contribution in [2.75, 3.05) is 13.6 Å². The first-order valence-corrected chi connectivity index (χ1v) is 6.23. The number of nitrogens with one attached hydrogen (secondary N) is 1. The molecule has 0 aliphatic heterocycles. The Hall–Kier alpha value is -0.860. The van der Waals surface area contributed by atoms with Crippen molar-refractivity contribution in [2.24, 2.45) is 0 Å². The van der Waals surface area contributed by atoms with E-state index in [1.807, 2.05) is 18.4 Å². The fraction of sp³-hybridized carbons (Fsp3) is 0.385. The van der Waals surface area contributed by atoms with E-state index in [4.69, 9.17) is 0 Å². The van der Waals surface area contributed by atoms with Crippen LogP contribution >= 0.6 is 11.3 Å². The van der Waals surface area contributed by atoms with Gasteiger partial charge in [-0.2, -0.15) is 0 Å². The van der Waals surface area contributed by atoms with Gasteiger partial charge in [-0.15, -0.1) is 11.3 Å². The molecule has 80 valence electrons. The van der Waals surface area contributed by atoms with Crippen LogP contribution in [0.3, 0.4) is 0 Å². The van der Waals surface area contributed by atoms with E-state index in [-0.39, 0.29) is 0 Å². The van der Waals surface area contributed by atoms with Gasteiger partial charge in [0.2, 0.25) is 0 Å². The first-order chi connectivity index (χ1) is 7.24. The van der Waals surface area contributed by atoms with Crippen LogP contribution in [0.15, 0.2) is 17.5 Å². The van der Waals surface area contributed by atoms with Crippen molar-refractivity contribution in [2.45, 2.75) is 20.3 Å². The second kappa shape index (κ2) is 4.33. The lowest BCUT2D eigenvalue weighted by molar-refractivity contribution is 0.796. The molecule has 1 nitrogen and oxygen atoms in total. The van der Waals surface area contributed by atoms with Gasteiger partial charge in [0.1, 0.15) is 0 Å². The van der Waals surface area contributed by atoms with Crippen LogP contribution in [-0.4, -0.2) is 13.6 Å². The van der Waals surface area contributed by atoms with Crippen molar-refractivity contribution < 1.29 is 0 Å². The summed E-state index contributed by atoms with van der Waals surface area (Å²) in [6, 6.07) is 4.45. The highest BCUT2D eigenvalue weighted by atomic mass is 32.1. The van der Waals surface area contributed by atoms with Gasteiger partial charge in [-0.05, 0) is 61.3 Å². The van der Waals surface area contributed by atoms with Crippen LogP contribution in [0.1, 0.15) is 16.7 Å². The third kappa shape index (κ3) is 1.92. The van der Waals surface area contributed by atoms with E-state index in [0.29, 0.717) is 0 Å². The Bertz CT molecular complexity index is 471. The Balaban J connectivity index is 2.53. The van der Waals surface area contributed by atoms with Gasteiger partial charge in [-0.3, -0.25) is 0 Å². The summed E-state index contributed by atoms with van der Waals surface area (Å²) in [5, 5.41) is 7.00. The number of rotatable bonds is 3. The zero-order valence-corrected chi connectivity index (χ0v) is 10.4. The average Bonchev–Trinajstić information content (AvgIpc) is 2.65. The lowest BCUT2D eigenvalue weighted by Gasteiger charge is -2.03. The summed E-state index contributed by atoms with van der Waals surface area (Å²) < 4.78 is 1.46. The summed E-state index contributed by atoms with van der Waals surface area (Å²) >= 11 is 1.88. The zero-order chi connectivity index (χ0) is 10.8. The fourth-order valence-corrected chi connectivity index (χ4v) is 3.13. The minimum absolute atomic E-state index is 1.05. The number of hydrogen-bond donors (Lipinski definition) is 1. The molecule has 0 bridgehead atoms. The van der Waals surface area contributed by atoms with Crippen LogP contribution in [0, 0.1) is 13.8 Å². The molecule has 1 N–H and O–H groups in total. The van der Waals surface area contributed by atoms with E-state index in [9.17, 15) is 0 Å². The number of fused-ring (bicyclic) bond motifs is 1. The summed E-state index contributed by atoms with van der Waals surface area (Å²) in [7, 11) is 2.01. The SMILES string of the molecule is CNCCc1csc2c(C)ccc(C)c12. The van der Waals surface area contributed by atoms with Gasteiger partial charge in [0.25, 0.3) is 0 Å². The molecule has 1 aromatic carbocycles. The van der Waals surface area contributed by atoms with Crippen LogP contribution in [0.25, 0.3) is 10.1 Å². The summed E-state index contributed by atoms with van der Waals surface area (Å²) in [4.78, 5) is 0. The third-order valence-electron chi connectivity index (χ3n) is 2.85. The highest BCUT2D eigenvalue weighted by Crippen LogP contribution is 2.31. The van der Waals surface area contributed by atoms with Gasteiger partial charge in [0, 0.05) is 4.70 Å². The average molecular weight is 219 g/mol. The topological polar surface area (TPSA) is 12.0 Å². The van der Waals surface area contributed by atoms with E-state index in [1.165, 1.54) is 26.8 Å². The minimum Gasteiger partial charge on any atom is -0.319 e. The van der Waals surface area contributed by atoms with Crippen molar-refractivity contribution >= 4 is 21.4 Å². The Morgan fingerprint density at radius 3 is 2.67 bits per heavy atom. The van der Waals surface area contributed by atoms with E-state index < -0.39 is 0 Å². The number of hydrogen-bond acceptors (Lipinski definition) is 2. The van der Waals surface area contributed by atoms with Gasteiger partial charge in [-0.1, -0.05) is 12.1 Å².